The van der Waals surface area contributed by atoms with Gasteiger partial charge in [0.2, 0.25) is 10.0 Å². The van der Waals surface area contributed by atoms with E-state index in [4.69, 9.17) is 10.5 Å². The molecular formula is C25H34N4O5S. The van der Waals surface area contributed by atoms with Crippen molar-refractivity contribution in [2.45, 2.75) is 62.7 Å². The van der Waals surface area contributed by atoms with Crippen LogP contribution >= 0.6 is 0 Å². The first-order valence-electron chi connectivity index (χ1n) is 11.6. The summed E-state index contributed by atoms with van der Waals surface area (Å²) in [5, 5.41) is 2.62. The van der Waals surface area contributed by atoms with E-state index in [1.165, 1.54) is 12.1 Å². The van der Waals surface area contributed by atoms with E-state index in [9.17, 15) is 18.0 Å². The predicted molar refractivity (Wildman–Crippen MR) is 134 cm³/mol. The number of rotatable bonds is 8. The number of esters is 1. The Kier molecular flexibility index (Phi) is 8.52. The molecule has 35 heavy (non-hydrogen) atoms. The van der Waals surface area contributed by atoms with Crippen LogP contribution in [0.1, 0.15) is 50.4 Å². The third kappa shape index (κ3) is 8.05. The number of amides is 1. The van der Waals surface area contributed by atoms with Gasteiger partial charge >= 0.3 is 5.97 Å². The van der Waals surface area contributed by atoms with E-state index in [1.807, 2.05) is 12.1 Å². The summed E-state index contributed by atoms with van der Waals surface area (Å²) >= 11 is 0. The summed E-state index contributed by atoms with van der Waals surface area (Å²) in [4.78, 5) is 27.6. The van der Waals surface area contributed by atoms with Crippen LogP contribution in [0.25, 0.3) is 0 Å². The average molecular weight is 503 g/mol. The number of ether oxygens (including phenoxy) is 1. The largest absolute Gasteiger partial charge is 0.460 e. The molecule has 190 valence electrons. The van der Waals surface area contributed by atoms with Crippen LogP contribution in [-0.2, 0) is 19.6 Å². The molecule has 9 nitrogen and oxygen atoms in total. The molecule has 2 aromatic rings. The standard InChI is InChI=1S/C25H34N4O5S/c1-25(2,3)34-23(30)17-22(28-35(32,33)21-7-5-4-6-8-21)27-24(31)18-9-11-20(12-10-18)29-15-13-19(26)14-16-29/h4-12,19,22,28H,13-17,26H2,1-3H3,(H,27,31). The van der Waals surface area contributed by atoms with Gasteiger partial charge in [0.15, 0.2) is 0 Å². The maximum Gasteiger partial charge on any atom is 0.309 e. The summed E-state index contributed by atoms with van der Waals surface area (Å²) in [5.41, 5.74) is 6.55. The quantitative estimate of drug-likeness (QED) is 0.373. The van der Waals surface area contributed by atoms with Crippen LogP contribution in [-0.4, -0.2) is 51.2 Å². The highest BCUT2D eigenvalue weighted by atomic mass is 32.2. The lowest BCUT2D eigenvalue weighted by Crippen LogP contribution is -2.49. The molecule has 4 N–H and O–H groups in total. The summed E-state index contributed by atoms with van der Waals surface area (Å²) in [5.74, 6) is -1.15. The molecular weight excluding hydrogens is 468 g/mol. The number of anilines is 1. The fourth-order valence-electron chi connectivity index (χ4n) is 3.75. The van der Waals surface area contributed by atoms with Crippen molar-refractivity contribution in [1.29, 1.82) is 0 Å². The van der Waals surface area contributed by atoms with Crippen molar-refractivity contribution in [3.8, 4) is 0 Å². The Balaban J connectivity index is 1.73. The van der Waals surface area contributed by atoms with Crippen molar-refractivity contribution >= 4 is 27.6 Å². The normalized spacial score (nSPS) is 15.9. The van der Waals surface area contributed by atoms with Gasteiger partial charge in [-0.2, -0.15) is 4.72 Å². The van der Waals surface area contributed by atoms with Crippen molar-refractivity contribution in [2.75, 3.05) is 18.0 Å². The van der Waals surface area contributed by atoms with Crippen LogP contribution in [0.2, 0.25) is 0 Å². The van der Waals surface area contributed by atoms with Gasteiger partial charge in [-0.25, -0.2) is 8.42 Å². The first-order valence-corrected chi connectivity index (χ1v) is 13.1. The van der Waals surface area contributed by atoms with Crippen molar-refractivity contribution in [1.82, 2.24) is 10.0 Å². The number of hydrogen-bond acceptors (Lipinski definition) is 7. The van der Waals surface area contributed by atoms with E-state index in [-0.39, 0.29) is 17.4 Å². The maximum absolute atomic E-state index is 12.9. The number of nitrogens with two attached hydrogens (primary N) is 1. The topological polar surface area (TPSA) is 131 Å². The highest BCUT2D eigenvalue weighted by Gasteiger charge is 2.27. The lowest BCUT2D eigenvalue weighted by atomic mass is 10.0. The van der Waals surface area contributed by atoms with Gasteiger partial charge in [-0.15, -0.1) is 0 Å². The minimum atomic E-state index is -3.99. The summed E-state index contributed by atoms with van der Waals surface area (Å²) in [7, 11) is -3.99. The van der Waals surface area contributed by atoms with E-state index in [0.29, 0.717) is 5.56 Å². The number of benzene rings is 2. The monoisotopic (exact) mass is 502 g/mol. The molecule has 0 saturated carbocycles. The highest BCUT2D eigenvalue weighted by Crippen LogP contribution is 2.20. The third-order valence-corrected chi connectivity index (χ3v) is 6.97. The number of sulfonamides is 1. The molecule has 1 heterocycles. The molecule has 0 aromatic heterocycles. The zero-order chi connectivity index (χ0) is 25.6. The van der Waals surface area contributed by atoms with E-state index in [0.717, 1.165) is 31.6 Å². The molecule has 0 spiro atoms. The van der Waals surface area contributed by atoms with Gasteiger partial charge in [0.25, 0.3) is 5.91 Å². The van der Waals surface area contributed by atoms with E-state index in [2.05, 4.69) is 14.9 Å². The van der Waals surface area contributed by atoms with Crippen molar-refractivity contribution in [3.05, 3.63) is 60.2 Å². The molecule has 0 bridgehead atoms. The Labute approximate surface area is 207 Å². The van der Waals surface area contributed by atoms with Crippen LogP contribution in [0.5, 0.6) is 0 Å². The predicted octanol–water partition coefficient (Wildman–Crippen LogP) is 2.38. The van der Waals surface area contributed by atoms with Gasteiger partial charge in [0.1, 0.15) is 11.8 Å². The zero-order valence-electron chi connectivity index (χ0n) is 20.4. The van der Waals surface area contributed by atoms with Gasteiger partial charge in [-0.1, -0.05) is 18.2 Å². The molecule has 2 aromatic carbocycles. The second-order valence-electron chi connectivity index (χ2n) is 9.62. The summed E-state index contributed by atoms with van der Waals surface area (Å²) in [6.07, 6.45) is 0.249. The number of hydrogen-bond donors (Lipinski definition) is 3. The molecule has 1 atom stereocenters. The van der Waals surface area contributed by atoms with Gasteiger partial charge < -0.3 is 20.7 Å². The number of nitrogens with zero attached hydrogens (tertiary/aromatic N) is 1. The summed E-state index contributed by atoms with van der Waals surface area (Å²) in [6.45, 7) is 6.84. The Morgan fingerprint density at radius 2 is 1.66 bits per heavy atom. The molecule has 0 aliphatic carbocycles. The lowest BCUT2D eigenvalue weighted by Gasteiger charge is -2.32. The van der Waals surface area contributed by atoms with Crippen molar-refractivity contribution < 1.29 is 22.7 Å². The number of piperidine rings is 1. The highest BCUT2D eigenvalue weighted by molar-refractivity contribution is 7.89. The van der Waals surface area contributed by atoms with Gasteiger partial charge in [-0.3, -0.25) is 9.59 Å². The molecule has 1 aliphatic heterocycles. The second-order valence-corrected chi connectivity index (χ2v) is 11.3. The first kappa shape index (κ1) is 26.7. The summed E-state index contributed by atoms with van der Waals surface area (Å²) < 4.78 is 33.4. The minimum absolute atomic E-state index is 0.0223. The Hall–Kier alpha value is -2.95. The second kappa shape index (κ2) is 11.2. The molecule has 1 saturated heterocycles. The number of carbonyl (C=O) groups excluding carboxylic acids is 2. The van der Waals surface area contributed by atoms with Crippen LogP contribution in [0, 0.1) is 0 Å². The molecule has 10 heteroatoms. The zero-order valence-corrected chi connectivity index (χ0v) is 21.2. The molecule has 3 rings (SSSR count). The number of nitrogens with one attached hydrogen (secondary N) is 2. The van der Waals surface area contributed by atoms with Gasteiger partial charge in [0, 0.05) is 30.4 Å². The minimum Gasteiger partial charge on any atom is -0.460 e. The fourth-order valence-corrected chi connectivity index (χ4v) is 4.92. The maximum atomic E-state index is 12.9. The molecule has 1 aliphatic rings. The lowest BCUT2D eigenvalue weighted by molar-refractivity contribution is -0.155. The van der Waals surface area contributed by atoms with Crippen LogP contribution < -0.4 is 20.7 Å². The van der Waals surface area contributed by atoms with E-state index in [1.54, 1.807) is 51.1 Å². The average Bonchev–Trinajstić information content (AvgIpc) is 2.78. The van der Waals surface area contributed by atoms with Crippen LogP contribution in [0.15, 0.2) is 59.5 Å². The molecule has 1 fully saturated rings. The Bertz CT molecular complexity index is 1110. The SMILES string of the molecule is CC(C)(C)OC(=O)CC(NC(=O)c1ccc(N2CCC(N)CC2)cc1)NS(=O)(=O)c1ccccc1. The summed E-state index contributed by atoms with van der Waals surface area (Å²) in [6, 6.07) is 15.0. The van der Waals surface area contributed by atoms with E-state index < -0.39 is 33.7 Å². The smallest absolute Gasteiger partial charge is 0.309 e. The van der Waals surface area contributed by atoms with Crippen LogP contribution in [0.4, 0.5) is 5.69 Å². The van der Waals surface area contributed by atoms with Gasteiger partial charge in [0.05, 0.1) is 11.3 Å². The van der Waals surface area contributed by atoms with Crippen LogP contribution in [0.3, 0.4) is 0 Å². The molecule has 0 radical (unpaired) electrons. The number of carbonyl (C=O) groups is 2. The third-order valence-electron chi connectivity index (χ3n) is 5.48. The van der Waals surface area contributed by atoms with E-state index >= 15 is 0 Å². The molecule has 1 unspecified atom stereocenters. The van der Waals surface area contributed by atoms with Gasteiger partial charge in [-0.05, 0) is 70.0 Å². The fraction of sp³-hybridized carbons (Fsp3) is 0.440. The Morgan fingerprint density at radius 1 is 1.06 bits per heavy atom. The van der Waals surface area contributed by atoms with Crippen molar-refractivity contribution in [3.63, 3.8) is 0 Å². The molecule has 1 amide bonds. The first-order chi connectivity index (χ1) is 16.4. The Morgan fingerprint density at radius 3 is 2.23 bits per heavy atom. The van der Waals surface area contributed by atoms with Crippen molar-refractivity contribution in [2.24, 2.45) is 5.73 Å².